The average molecular weight is 279 g/mol. The van der Waals surface area contributed by atoms with Crippen molar-refractivity contribution in [1.82, 2.24) is 5.32 Å². The van der Waals surface area contributed by atoms with Crippen LogP contribution in [0.15, 0.2) is 24.3 Å². The number of amides is 1. The molecule has 0 aliphatic heterocycles. The third-order valence-corrected chi connectivity index (χ3v) is 2.74. The van der Waals surface area contributed by atoms with Crippen LogP contribution in [0, 0.1) is 5.92 Å². The molecule has 5 heteroatoms. The van der Waals surface area contributed by atoms with Crippen LogP contribution in [0.1, 0.15) is 37.6 Å². The van der Waals surface area contributed by atoms with E-state index in [9.17, 15) is 9.59 Å². The van der Waals surface area contributed by atoms with E-state index in [1.54, 1.807) is 24.3 Å². The molecule has 0 spiro atoms. The van der Waals surface area contributed by atoms with Crippen LogP contribution in [0.25, 0.3) is 0 Å². The normalized spacial score (nSPS) is 12.0. The number of carbonyl (C=O) groups is 2. The first-order valence-corrected chi connectivity index (χ1v) is 6.70. The lowest BCUT2D eigenvalue weighted by molar-refractivity contribution is -0.139. The van der Waals surface area contributed by atoms with Crippen molar-refractivity contribution in [2.45, 2.75) is 33.2 Å². The molecular formula is C15H21NO4. The summed E-state index contributed by atoms with van der Waals surface area (Å²) in [6.45, 7) is 6.27. The second-order valence-corrected chi connectivity index (χ2v) is 4.95. The van der Waals surface area contributed by atoms with E-state index in [0.29, 0.717) is 24.3 Å². The first kappa shape index (κ1) is 16.0. The summed E-state index contributed by atoms with van der Waals surface area (Å²) in [4.78, 5) is 23.1. The van der Waals surface area contributed by atoms with Crippen molar-refractivity contribution in [3.8, 4) is 5.75 Å². The molecule has 110 valence electrons. The van der Waals surface area contributed by atoms with E-state index in [-0.39, 0.29) is 11.8 Å². The molecule has 1 aromatic carbocycles. The summed E-state index contributed by atoms with van der Waals surface area (Å²) in [5, 5.41) is 11.6. The van der Waals surface area contributed by atoms with Gasteiger partial charge in [-0.2, -0.15) is 0 Å². The number of rotatable bonds is 7. The van der Waals surface area contributed by atoms with Gasteiger partial charge in [0.2, 0.25) is 0 Å². The second-order valence-electron chi connectivity index (χ2n) is 4.95. The van der Waals surface area contributed by atoms with Gasteiger partial charge in [0.25, 0.3) is 5.91 Å². The molecule has 2 N–H and O–H groups in total. The van der Waals surface area contributed by atoms with Gasteiger partial charge in [-0.15, -0.1) is 0 Å². The quantitative estimate of drug-likeness (QED) is 0.803. The molecule has 0 unspecified atom stereocenters. The minimum Gasteiger partial charge on any atom is -0.494 e. The highest BCUT2D eigenvalue weighted by molar-refractivity contribution is 5.96. The molecule has 1 atom stereocenters. The van der Waals surface area contributed by atoms with Gasteiger partial charge in [0.1, 0.15) is 11.8 Å². The lowest BCUT2D eigenvalue weighted by atomic mass is 10.0. The lowest BCUT2D eigenvalue weighted by Crippen LogP contribution is -2.41. The molecule has 0 bridgehead atoms. The lowest BCUT2D eigenvalue weighted by Gasteiger charge is -2.16. The van der Waals surface area contributed by atoms with Crippen molar-refractivity contribution in [2.24, 2.45) is 5.92 Å². The predicted octanol–water partition coefficient (Wildman–Crippen LogP) is 2.31. The van der Waals surface area contributed by atoms with Gasteiger partial charge < -0.3 is 15.2 Å². The number of aliphatic carboxylic acids is 1. The van der Waals surface area contributed by atoms with Gasteiger partial charge in [-0.1, -0.05) is 13.8 Å². The Balaban J connectivity index is 2.70. The smallest absolute Gasteiger partial charge is 0.326 e. The van der Waals surface area contributed by atoms with Crippen LogP contribution < -0.4 is 10.1 Å². The highest BCUT2D eigenvalue weighted by Crippen LogP contribution is 2.13. The second kappa shape index (κ2) is 7.53. The Bertz CT molecular complexity index is 453. The average Bonchev–Trinajstić information content (AvgIpc) is 2.38. The summed E-state index contributed by atoms with van der Waals surface area (Å²) in [6, 6.07) is 5.75. The zero-order valence-electron chi connectivity index (χ0n) is 12.1. The molecule has 20 heavy (non-hydrogen) atoms. The van der Waals surface area contributed by atoms with E-state index in [4.69, 9.17) is 9.84 Å². The van der Waals surface area contributed by atoms with E-state index in [0.717, 1.165) is 0 Å². The summed E-state index contributed by atoms with van der Waals surface area (Å²) >= 11 is 0. The van der Waals surface area contributed by atoms with Gasteiger partial charge in [-0.25, -0.2) is 4.79 Å². The Morgan fingerprint density at radius 2 is 1.85 bits per heavy atom. The summed E-state index contributed by atoms with van der Waals surface area (Å²) in [5.41, 5.74) is 0.420. The van der Waals surface area contributed by atoms with Crippen molar-refractivity contribution in [3.05, 3.63) is 29.8 Å². The Hall–Kier alpha value is -2.04. The number of hydrogen-bond donors (Lipinski definition) is 2. The monoisotopic (exact) mass is 279 g/mol. The Kier molecular flexibility index (Phi) is 6.03. The van der Waals surface area contributed by atoms with Crippen LogP contribution in [0.4, 0.5) is 0 Å². The Morgan fingerprint density at radius 1 is 1.25 bits per heavy atom. The van der Waals surface area contributed by atoms with Gasteiger partial charge in [0.05, 0.1) is 6.61 Å². The highest BCUT2D eigenvalue weighted by Gasteiger charge is 2.21. The topological polar surface area (TPSA) is 75.6 Å². The minimum atomic E-state index is -1.02. The van der Waals surface area contributed by atoms with Crippen molar-refractivity contribution in [3.63, 3.8) is 0 Å². The molecule has 0 saturated heterocycles. The standard InChI is InChI=1S/C15H21NO4/c1-4-20-12-7-5-11(6-8-12)14(17)16-13(15(18)19)9-10(2)3/h5-8,10,13H,4,9H2,1-3H3,(H,16,17)(H,18,19)/t13-/m0/s1. The van der Waals surface area contributed by atoms with E-state index >= 15 is 0 Å². The third-order valence-electron chi connectivity index (χ3n) is 2.74. The SMILES string of the molecule is CCOc1ccc(C(=O)N[C@@H](CC(C)C)C(=O)O)cc1. The van der Waals surface area contributed by atoms with Gasteiger partial charge in [0, 0.05) is 5.56 Å². The van der Waals surface area contributed by atoms with Gasteiger partial charge in [-0.05, 0) is 43.5 Å². The summed E-state index contributed by atoms with van der Waals surface area (Å²) in [6.07, 6.45) is 0.401. The summed E-state index contributed by atoms with van der Waals surface area (Å²) in [7, 11) is 0. The molecule has 0 heterocycles. The number of carboxylic acids is 1. The van der Waals surface area contributed by atoms with Crippen LogP contribution in [0.5, 0.6) is 5.75 Å². The number of hydrogen-bond acceptors (Lipinski definition) is 3. The van der Waals surface area contributed by atoms with Crippen LogP contribution in [0.2, 0.25) is 0 Å². The maximum Gasteiger partial charge on any atom is 0.326 e. The summed E-state index contributed by atoms with van der Waals surface area (Å²) < 4.78 is 5.29. The number of ether oxygens (including phenoxy) is 1. The zero-order valence-corrected chi connectivity index (χ0v) is 12.1. The van der Waals surface area contributed by atoms with Gasteiger partial charge in [-0.3, -0.25) is 4.79 Å². The fourth-order valence-electron chi connectivity index (χ4n) is 1.80. The first-order chi connectivity index (χ1) is 9.43. The van der Waals surface area contributed by atoms with E-state index < -0.39 is 12.0 Å². The molecule has 1 amide bonds. The Morgan fingerprint density at radius 3 is 2.30 bits per heavy atom. The van der Waals surface area contributed by atoms with Crippen molar-refractivity contribution >= 4 is 11.9 Å². The molecule has 0 saturated carbocycles. The number of benzene rings is 1. The van der Waals surface area contributed by atoms with Crippen LogP contribution in [-0.4, -0.2) is 29.6 Å². The number of carboxylic acid groups (broad SMARTS) is 1. The predicted molar refractivity (Wildman–Crippen MR) is 76.0 cm³/mol. The maximum atomic E-state index is 12.0. The van der Waals surface area contributed by atoms with Crippen LogP contribution in [0.3, 0.4) is 0 Å². The zero-order chi connectivity index (χ0) is 15.1. The van der Waals surface area contributed by atoms with Crippen molar-refractivity contribution < 1.29 is 19.4 Å². The molecule has 5 nitrogen and oxygen atoms in total. The summed E-state index contributed by atoms with van der Waals surface area (Å²) in [5.74, 6) is -0.531. The highest BCUT2D eigenvalue weighted by atomic mass is 16.5. The molecule has 0 radical (unpaired) electrons. The van der Waals surface area contributed by atoms with E-state index in [1.165, 1.54) is 0 Å². The third kappa shape index (κ3) is 4.91. The Labute approximate surface area is 118 Å². The number of nitrogens with one attached hydrogen (secondary N) is 1. The molecule has 0 aromatic heterocycles. The molecule has 1 aromatic rings. The maximum absolute atomic E-state index is 12.0. The largest absolute Gasteiger partial charge is 0.494 e. The molecule has 0 aliphatic carbocycles. The van der Waals surface area contributed by atoms with E-state index in [1.807, 2.05) is 20.8 Å². The first-order valence-electron chi connectivity index (χ1n) is 6.70. The molecule has 1 rings (SSSR count). The fraction of sp³-hybridized carbons (Fsp3) is 0.467. The van der Waals surface area contributed by atoms with Crippen molar-refractivity contribution in [1.29, 1.82) is 0 Å². The van der Waals surface area contributed by atoms with Crippen LogP contribution >= 0.6 is 0 Å². The van der Waals surface area contributed by atoms with Gasteiger partial charge >= 0.3 is 5.97 Å². The van der Waals surface area contributed by atoms with Gasteiger partial charge in [0.15, 0.2) is 0 Å². The molecular weight excluding hydrogens is 258 g/mol. The van der Waals surface area contributed by atoms with Crippen molar-refractivity contribution in [2.75, 3.05) is 6.61 Å². The minimum absolute atomic E-state index is 0.191. The van der Waals surface area contributed by atoms with Crippen LogP contribution in [-0.2, 0) is 4.79 Å². The molecule has 0 fully saturated rings. The van der Waals surface area contributed by atoms with E-state index in [2.05, 4.69) is 5.32 Å². The fourth-order valence-corrected chi connectivity index (χ4v) is 1.80. The molecule has 0 aliphatic rings. The number of carbonyl (C=O) groups excluding carboxylic acids is 1.